The van der Waals surface area contributed by atoms with Crippen LogP contribution in [0, 0.1) is 0 Å². The Bertz CT molecular complexity index is 947. The lowest BCUT2D eigenvalue weighted by Gasteiger charge is -2.22. The van der Waals surface area contributed by atoms with Crippen LogP contribution in [0.15, 0.2) is 35.3 Å². The van der Waals surface area contributed by atoms with Gasteiger partial charge in [-0.3, -0.25) is 9.59 Å². The van der Waals surface area contributed by atoms with Crippen LogP contribution in [0.2, 0.25) is 0 Å². The normalized spacial score (nSPS) is 12.4. The van der Waals surface area contributed by atoms with Crippen LogP contribution in [-0.4, -0.2) is 60.9 Å². The molecule has 1 aromatic carbocycles. The highest BCUT2D eigenvalue weighted by molar-refractivity contribution is 5.66. The zero-order valence-corrected chi connectivity index (χ0v) is 17.5. The van der Waals surface area contributed by atoms with Crippen molar-refractivity contribution >= 4 is 11.7 Å². The second-order valence-electron chi connectivity index (χ2n) is 6.76. The molecule has 176 valence electrons. The maximum absolute atomic E-state index is 13.7. The molecule has 1 heterocycles. The summed E-state index contributed by atoms with van der Waals surface area (Å²) in [5.41, 5.74) is -2.65. The van der Waals surface area contributed by atoms with Gasteiger partial charge in [0.15, 0.2) is 0 Å². The number of nitrogens with zero attached hydrogens (tertiary/aromatic N) is 2. The lowest BCUT2D eigenvalue weighted by molar-refractivity contribution is -0.139. The zero-order chi connectivity index (χ0) is 23.7. The number of alkyl halides is 3. The van der Waals surface area contributed by atoms with E-state index in [9.17, 15) is 22.8 Å². The number of carboxylic acid groups (broad SMARTS) is 1. The SMILES string of the molecule is COCC(COCCC(=O)O)Nc1cnn(Cc2ccc(OC)cc2)c(=O)c1C(F)(F)F. The Morgan fingerprint density at radius 2 is 1.91 bits per heavy atom. The molecule has 9 nitrogen and oxygen atoms in total. The van der Waals surface area contributed by atoms with Crippen molar-refractivity contribution in [3.8, 4) is 5.75 Å². The van der Waals surface area contributed by atoms with Crippen LogP contribution in [0.1, 0.15) is 17.5 Å². The van der Waals surface area contributed by atoms with E-state index in [0.717, 1.165) is 10.9 Å². The summed E-state index contributed by atoms with van der Waals surface area (Å²) in [4.78, 5) is 23.2. The fraction of sp³-hybridized carbons (Fsp3) is 0.450. The molecule has 0 fully saturated rings. The van der Waals surface area contributed by atoms with E-state index in [1.807, 2.05) is 0 Å². The summed E-state index contributed by atoms with van der Waals surface area (Å²) >= 11 is 0. The van der Waals surface area contributed by atoms with Gasteiger partial charge in [0.25, 0.3) is 5.56 Å². The second-order valence-corrected chi connectivity index (χ2v) is 6.76. The third kappa shape index (κ3) is 7.24. The first-order valence-corrected chi connectivity index (χ1v) is 9.51. The van der Waals surface area contributed by atoms with Gasteiger partial charge >= 0.3 is 12.1 Å². The van der Waals surface area contributed by atoms with Gasteiger partial charge < -0.3 is 24.6 Å². The molecule has 2 N–H and O–H groups in total. The number of ether oxygens (including phenoxy) is 3. The molecule has 0 radical (unpaired) electrons. The van der Waals surface area contributed by atoms with E-state index in [2.05, 4.69) is 10.4 Å². The summed E-state index contributed by atoms with van der Waals surface area (Å²) in [5.74, 6) is -0.496. The smallest absolute Gasteiger partial charge is 0.423 e. The molecule has 2 aromatic rings. The first kappa shape index (κ1) is 25.1. The third-order valence-electron chi connectivity index (χ3n) is 4.33. The molecule has 32 heavy (non-hydrogen) atoms. The van der Waals surface area contributed by atoms with Crippen LogP contribution in [0.3, 0.4) is 0 Å². The average molecular weight is 459 g/mol. The Morgan fingerprint density at radius 3 is 2.47 bits per heavy atom. The summed E-state index contributed by atoms with van der Waals surface area (Å²) in [6.45, 7) is -0.455. The van der Waals surface area contributed by atoms with E-state index in [1.54, 1.807) is 24.3 Å². The molecule has 12 heteroatoms. The Labute approximate surface area is 181 Å². The molecule has 0 bridgehead atoms. The van der Waals surface area contributed by atoms with Crippen molar-refractivity contribution in [1.82, 2.24) is 9.78 Å². The van der Waals surface area contributed by atoms with Crippen molar-refractivity contribution in [2.24, 2.45) is 0 Å². The number of aliphatic carboxylic acids is 1. The van der Waals surface area contributed by atoms with Gasteiger partial charge in [-0.25, -0.2) is 4.68 Å². The van der Waals surface area contributed by atoms with E-state index in [-0.39, 0.29) is 32.8 Å². The number of anilines is 1. The topological polar surface area (TPSA) is 112 Å². The number of halogens is 3. The minimum Gasteiger partial charge on any atom is -0.497 e. The summed E-state index contributed by atoms with van der Waals surface area (Å²) in [5, 5.41) is 15.1. The lowest BCUT2D eigenvalue weighted by Crippen LogP contribution is -2.36. The molecule has 1 aromatic heterocycles. The van der Waals surface area contributed by atoms with Crippen molar-refractivity contribution in [3.05, 3.63) is 51.9 Å². The van der Waals surface area contributed by atoms with Crippen LogP contribution in [-0.2, 0) is 27.0 Å². The van der Waals surface area contributed by atoms with Crippen molar-refractivity contribution < 1.29 is 37.3 Å². The molecule has 2 rings (SSSR count). The minimum absolute atomic E-state index is 0.0424. The fourth-order valence-corrected chi connectivity index (χ4v) is 2.83. The first-order chi connectivity index (χ1) is 15.2. The van der Waals surface area contributed by atoms with Crippen LogP contribution < -0.4 is 15.6 Å². The monoisotopic (exact) mass is 459 g/mol. The third-order valence-corrected chi connectivity index (χ3v) is 4.33. The van der Waals surface area contributed by atoms with Gasteiger partial charge in [0.05, 0.1) is 57.8 Å². The van der Waals surface area contributed by atoms with Crippen LogP contribution in [0.5, 0.6) is 5.75 Å². The fourth-order valence-electron chi connectivity index (χ4n) is 2.83. The van der Waals surface area contributed by atoms with Crippen LogP contribution in [0.4, 0.5) is 18.9 Å². The number of nitrogens with one attached hydrogen (secondary N) is 1. The van der Waals surface area contributed by atoms with Gasteiger partial charge in [-0.2, -0.15) is 18.3 Å². The molecular formula is C20H24F3N3O6. The summed E-state index contributed by atoms with van der Waals surface area (Å²) < 4.78 is 57.1. The standard InChI is InChI=1S/C20H24F3N3O6/c1-30-11-14(12-32-8-7-17(27)28)25-16-9-24-26(19(29)18(16)20(21,22)23)10-13-3-5-15(31-2)6-4-13/h3-6,9,14,25H,7-8,10-12H2,1-2H3,(H,27,28). The molecule has 0 amide bonds. The van der Waals surface area contributed by atoms with Crippen LogP contribution in [0.25, 0.3) is 0 Å². The summed E-state index contributed by atoms with van der Waals surface area (Å²) in [6.07, 6.45) is -4.27. The molecule has 0 spiro atoms. The van der Waals surface area contributed by atoms with Crippen molar-refractivity contribution in [3.63, 3.8) is 0 Å². The highest BCUT2D eigenvalue weighted by Crippen LogP contribution is 2.32. The number of carbonyl (C=O) groups is 1. The number of hydrogen-bond acceptors (Lipinski definition) is 7. The Hall–Kier alpha value is -3.12. The highest BCUT2D eigenvalue weighted by atomic mass is 19.4. The second kappa shape index (κ2) is 11.5. The Balaban J connectivity index is 2.26. The van der Waals surface area contributed by atoms with Crippen molar-refractivity contribution in [1.29, 1.82) is 0 Å². The summed E-state index contributed by atoms with van der Waals surface area (Å²) in [6, 6.07) is 5.72. The number of benzene rings is 1. The Kier molecular flexibility index (Phi) is 9.02. The van der Waals surface area contributed by atoms with E-state index in [0.29, 0.717) is 11.3 Å². The van der Waals surface area contributed by atoms with E-state index >= 15 is 0 Å². The van der Waals surface area contributed by atoms with Gasteiger partial charge in [-0.05, 0) is 17.7 Å². The number of carboxylic acids is 1. The largest absolute Gasteiger partial charge is 0.497 e. The molecule has 0 saturated carbocycles. The maximum Gasteiger partial charge on any atom is 0.423 e. The van der Waals surface area contributed by atoms with E-state index < -0.39 is 35.0 Å². The van der Waals surface area contributed by atoms with Gasteiger partial charge in [0, 0.05) is 7.11 Å². The van der Waals surface area contributed by atoms with Crippen molar-refractivity contribution in [2.75, 3.05) is 39.4 Å². The number of rotatable bonds is 12. The number of aromatic nitrogens is 2. The zero-order valence-electron chi connectivity index (χ0n) is 17.5. The molecule has 1 unspecified atom stereocenters. The molecule has 0 aliphatic heterocycles. The van der Waals surface area contributed by atoms with Gasteiger partial charge in [-0.15, -0.1) is 0 Å². The predicted molar refractivity (Wildman–Crippen MR) is 108 cm³/mol. The van der Waals surface area contributed by atoms with E-state index in [1.165, 1.54) is 14.2 Å². The molecule has 1 atom stereocenters. The van der Waals surface area contributed by atoms with Crippen LogP contribution >= 0.6 is 0 Å². The minimum atomic E-state index is -4.94. The molecule has 0 aliphatic rings. The first-order valence-electron chi connectivity index (χ1n) is 9.51. The average Bonchev–Trinajstić information content (AvgIpc) is 2.72. The van der Waals surface area contributed by atoms with Gasteiger partial charge in [-0.1, -0.05) is 12.1 Å². The quantitative estimate of drug-likeness (QED) is 0.465. The lowest BCUT2D eigenvalue weighted by atomic mass is 10.2. The van der Waals surface area contributed by atoms with Gasteiger partial charge in [0.2, 0.25) is 0 Å². The van der Waals surface area contributed by atoms with Crippen molar-refractivity contribution in [2.45, 2.75) is 25.2 Å². The maximum atomic E-state index is 13.7. The van der Waals surface area contributed by atoms with E-state index in [4.69, 9.17) is 19.3 Å². The Morgan fingerprint density at radius 1 is 1.22 bits per heavy atom. The predicted octanol–water partition coefficient (Wildman–Crippen LogP) is 2.24. The van der Waals surface area contributed by atoms with Gasteiger partial charge in [0.1, 0.15) is 11.3 Å². The molecular weight excluding hydrogens is 435 g/mol. The molecule has 0 saturated heterocycles. The summed E-state index contributed by atoms with van der Waals surface area (Å²) in [7, 11) is 2.83. The highest BCUT2D eigenvalue weighted by Gasteiger charge is 2.38. The molecule has 0 aliphatic carbocycles. The number of methoxy groups -OCH3 is 2. The number of hydrogen-bond donors (Lipinski definition) is 2.